The predicted octanol–water partition coefficient (Wildman–Crippen LogP) is 2.56. The van der Waals surface area contributed by atoms with E-state index in [0.717, 1.165) is 19.0 Å². The van der Waals surface area contributed by atoms with Gasteiger partial charge in [-0.05, 0) is 25.1 Å². The molecular formula is C16H19ClFN5O2S. The van der Waals surface area contributed by atoms with Crippen molar-refractivity contribution in [3.63, 3.8) is 0 Å². The summed E-state index contributed by atoms with van der Waals surface area (Å²) in [6.07, 6.45) is 0. The van der Waals surface area contributed by atoms with Crippen LogP contribution in [0.4, 0.5) is 16.0 Å². The Morgan fingerprint density at radius 2 is 2.12 bits per heavy atom. The normalized spacial score (nSPS) is 15.8. The van der Waals surface area contributed by atoms with Crippen LogP contribution in [0.25, 0.3) is 0 Å². The molecule has 2 aromatic rings. The highest BCUT2D eigenvalue weighted by molar-refractivity contribution is 8.00. The summed E-state index contributed by atoms with van der Waals surface area (Å²) in [6, 6.07) is 4.06. The van der Waals surface area contributed by atoms with Crippen molar-refractivity contribution in [2.24, 2.45) is 7.05 Å². The molecule has 1 unspecified atom stereocenters. The highest BCUT2D eigenvalue weighted by Crippen LogP contribution is 2.26. The van der Waals surface area contributed by atoms with Gasteiger partial charge in [0.1, 0.15) is 5.82 Å². The minimum Gasteiger partial charge on any atom is -0.378 e. The van der Waals surface area contributed by atoms with Gasteiger partial charge >= 0.3 is 0 Å². The number of aromatic nitrogens is 3. The number of anilines is 2. The third kappa shape index (κ3) is 4.28. The Hall–Kier alpha value is -1.84. The van der Waals surface area contributed by atoms with E-state index in [-0.39, 0.29) is 10.9 Å². The Morgan fingerprint density at radius 3 is 2.81 bits per heavy atom. The molecule has 26 heavy (non-hydrogen) atoms. The van der Waals surface area contributed by atoms with Gasteiger partial charge in [0.25, 0.3) is 0 Å². The summed E-state index contributed by atoms with van der Waals surface area (Å²) in [5.74, 6) is 0.00383. The SMILES string of the molecule is CC(Sc1nnc(N2CCOCC2)n1C)C(=O)Nc1ccc(F)c(Cl)c1. The molecule has 1 aliphatic rings. The van der Waals surface area contributed by atoms with Crippen LogP contribution in [0.1, 0.15) is 6.92 Å². The van der Waals surface area contributed by atoms with Crippen molar-refractivity contribution in [3.8, 4) is 0 Å². The number of hydrogen-bond acceptors (Lipinski definition) is 6. The van der Waals surface area contributed by atoms with Crippen LogP contribution in [0.15, 0.2) is 23.4 Å². The molecule has 0 radical (unpaired) electrons. The maximum absolute atomic E-state index is 13.2. The Bertz CT molecular complexity index is 797. The third-order valence-electron chi connectivity index (χ3n) is 3.94. The van der Waals surface area contributed by atoms with E-state index in [0.29, 0.717) is 24.1 Å². The average molecular weight is 400 g/mol. The number of hydrogen-bond donors (Lipinski definition) is 1. The number of nitrogens with zero attached hydrogens (tertiary/aromatic N) is 4. The number of amides is 1. The fraction of sp³-hybridized carbons (Fsp3) is 0.438. The van der Waals surface area contributed by atoms with Crippen LogP contribution in [0.3, 0.4) is 0 Å². The molecule has 1 aromatic heterocycles. The summed E-state index contributed by atoms with van der Waals surface area (Å²) in [6.45, 7) is 4.62. The topological polar surface area (TPSA) is 72.3 Å². The lowest BCUT2D eigenvalue weighted by Gasteiger charge is -2.27. The van der Waals surface area contributed by atoms with Crippen molar-refractivity contribution >= 4 is 40.9 Å². The molecule has 10 heteroatoms. The van der Waals surface area contributed by atoms with Crippen molar-refractivity contribution in [3.05, 3.63) is 29.0 Å². The van der Waals surface area contributed by atoms with Crippen molar-refractivity contribution < 1.29 is 13.9 Å². The summed E-state index contributed by atoms with van der Waals surface area (Å²) < 4.78 is 20.4. The van der Waals surface area contributed by atoms with Crippen LogP contribution in [0.2, 0.25) is 5.02 Å². The first-order valence-electron chi connectivity index (χ1n) is 8.10. The summed E-state index contributed by atoms with van der Waals surface area (Å²) in [5.41, 5.74) is 0.445. The molecule has 1 fully saturated rings. The van der Waals surface area contributed by atoms with E-state index in [1.165, 1.54) is 30.0 Å². The molecule has 1 N–H and O–H groups in total. The molecule has 0 saturated carbocycles. The van der Waals surface area contributed by atoms with Crippen molar-refractivity contribution in [2.75, 3.05) is 36.5 Å². The Balaban J connectivity index is 1.63. The first-order chi connectivity index (χ1) is 12.5. The zero-order valence-electron chi connectivity index (χ0n) is 14.4. The number of carbonyl (C=O) groups is 1. The second kappa shape index (κ2) is 8.24. The molecule has 1 aliphatic heterocycles. The number of carbonyl (C=O) groups excluding carboxylic acids is 1. The van der Waals surface area contributed by atoms with Crippen molar-refractivity contribution in [1.82, 2.24) is 14.8 Å². The number of nitrogens with one attached hydrogen (secondary N) is 1. The Labute approximate surface area is 159 Å². The molecule has 2 heterocycles. The summed E-state index contributed by atoms with van der Waals surface area (Å²) in [4.78, 5) is 14.5. The maximum Gasteiger partial charge on any atom is 0.237 e. The van der Waals surface area contributed by atoms with Crippen LogP contribution in [0.5, 0.6) is 0 Å². The molecule has 1 saturated heterocycles. The average Bonchev–Trinajstić information content (AvgIpc) is 2.99. The van der Waals surface area contributed by atoms with Gasteiger partial charge in [0, 0.05) is 25.8 Å². The molecule has 1 atom stereocenters. The van der Waals surface area contributed by atoms with E-state index < -0.39 is 11.1 Å². The standard InChI is InChI=1S/C16H19ClFN5O2S/c1-10(14(24)19-11-3-4-13(18)12(17)9-11)26-16-21-20-15(22(16)2)23-5-7-25-8-6-23/h3-4,9-10H,5-8H2,1-2H3,(H,19,24). The van der Waals surface area contributed by atoms with Crippen LogP contribution >= 0.6 is 23.4 Å². The number of morpholine rings is 1. The zero-order valence-corrected chi connectivity index (χ0v) is 16.0. The number of halogens is 2. The Kier molecular flexibility index (Phi) is 6.00. The minimum atomic E-state index is -0.526. The largest absolute Gasteiger partial charge is 0.378 e. The molecule has 0 spiro atoms. The van der Waals surface area contributed by atoms with E-state index in [4.69, 9.17) is 16.3 Å². The van der Waals surface area contributed by atoms with Gasteiger partial charge < -0.3 is 15.0 Å². The lowest BCUT2D eigenvalue weighted by Crippen LogP contribution is -2.37. The maximum atomic E-state index is 13.2. The monoisotopic (exact) mass is 399 g/mol. The van der Waals surface area contributed by atoms with Gasteiger partial charge in [-0.2, -0.15) is 0 Å². The van der Waals surface area contributed by atoms with Crippen molar-refractivity contribution in [1.29, 1.82) is 0 Å². The molecule has 1 aromatic carbocycles. The van der Waals surface area contributed by atoms with Crippen molar-refractivity contribution in [2.45, 2.75) is 17.3 Å². The van der Waals surface area contributed by atoms with Gasteiger partial charge in [-0.3, -0.25) is 9.36 Å². The van der Waals surface area contributed by atoms with E-state index in [1.807, 2.05) is 11.6 Å². The fourth-order valence-corrected chi connectivity index (χ4v) is 3.47. The number of ether oxygens (including phenoxy) is 1. The fourth-order valence-electron chi connectivity index (χ4n) is 2.48. The summed E-state index contributed by atoms with van der Waals surface area (Å²) in [7, 11) is 1.87. The molecular weight excluding hydrogens is 381 g/mol. The van der Waals surface area contributed by atoms with Gasteiger partial charge in [0.05, 0.1) is 23.5 Å². The second-order valence-electron chi connectivity index (χ2n) is 5.82. The lowest BCUT2D eigenvalue weighted by atomic mass is 10.3. The molecule has 7 nitrogen and oxygen atoms in total. The minimum absolute atomic E-state index is 0.0356. The van der Waals surface area contributed by atoms with Gasteiger partial charge in [-0.25, -0.2) is 4.39 Å². The molecule has 140 valence electrons. The molecule has 0 aliphatic carbocycles. The number of rotatable bonds is 5. The molecule has 1 amide bonds. The number of benzene rings is 1. The van der Waals surface area contributed by atoms with Gasteiger partial charge in [0.2, 0.25) is 11.9 Å². The highest BCUT2D eigenvalue weighted by atomic mass is 35.5. The zero-order chi connectivity index (χ0) is 18.7. The third-order valence-corrected chi connectivity index (χ3v) is 5.37. The van der Waals surface area contributed by atoms with Crippen LogP contribution < -0.4 is 10.2 Å². The van der Waals surface area contributed by atoms with Gasteiger partial charge in [-0.15, -0.1) is 10.2 Å². The van der Waals surface area contributed by atoms with E-state index >= 15 is 0 Å². The van der Waals surface area contributed by atoms with Crippen LogP contribution in [-0.2, 0) is 16.6 Å². The van der Waals surface area contributed by atoms with Gasteiger partial charge in [0.15, 0.2) is 5.16 Å². The molecule has 3 rings (SSSR count). The second-order valence-corrected chi connectivity index (χ2v) is 7.53. The van der Waals surface area contributed by atoms with E-state index in [2.05, 4.69) is 20.4 Å². The first kappa shape index (κ1) is 18.9. The summed E-state index contributed by atoms with van der Waals surface area (Å²) in [5, 5.41) is 11.3. The molecule has 0 bridgehead atoms. The van der Waals surface area contributed by atoms with Crippen LogP contribution in [-0.4, -0.2) is 52.2 Å². The van der Waals surface area contributed by atoms with Crippen LogP contribution in [0, 0.1) is 5.82 Å². The van der Waals surface area contributed by atoms with E-state index in [9.17, 15) is 9.18 Å². The first-order valence-corrected chi connectivity index (χ1v) is 9.36. The highest BCUT2D eigenvalue weighted by Gasteiger charge is 2.22. The predicted molar refractivity (Wildman–Crippen MR) is 99.4 cm³/mol. The quantitative estimate of drug-likeness (QED) is 0.779. The lowest BCUT2D eigenvalue weighted by molar-refractivity contribution is -0.115. The van der Waals surface area contributed by atoms with E-state index in [1.54, 1.807) is 6.92 Å². The Morgan fingerprint density at radius 1 is 1.38 bits per heavy atom. The summed E-state index contributed by atoms with van der Waals surface area (Å²) >= 11 is 7.04. The van der Waals surface area contributed by atoms with Gasteiger partial charge in [-0.1, -0.05) is 23.4 Å². The smallest absolute Gasteiger partial charge is 0.237 e. The number of thioether (sulfide) groups is 1.